The number of carbonyl (C=O) groups excluding carboxylic acids is 2. The Morgan fingerprint density at radius 3 is 2.41 bits per heavy atom. The highest BCUT2D eigenvalue weighted by Gasteiger charge is 2.35. The zero-order chi connectivity index (χ0) is 35.4. The van der Waals surface area contributed by atoms with E-state index in [1.807, 2.05) is 78.9 Å². The number of benzene rings is 3. The first-order valence-corrected chi connectivity index (χ1v) is 17.7. The Kier molecular flexibility index (Phi) is 12.8. The van der Waals surface area contributed by atoms with Gasteiger partial charge in [0.25, 0.3) is 0 Å². The first kappa shape index (κ1) is 36.1. The Morgan fingerprint density at radius 2 is 1.65 bits per heavy atom. The molecule has 2 heterocycles. The number of carbonyl (C=O) groups is 2. The summed E-state index contributed by atoms with van der Waals surface area (Å²) < 4.78 is 22.1. The summed E-state index contributed by atoms with van der Waals surface area (Å²) in [5.41, 5.74) is 3.68. The van der Waals surface area contributed by atoms with Crippen LogP contribution < -0.4 is 15.4 Å². The quantitative estimate of drug-likeness (QED) is 0.135. The number of amides is 2. The molecule has 270 valence electrons. The molecule has 0 spiro atoms. The van der Waals surface area contributed by atoms with Crippen LogP contribution in [0.2, 0.25) is 0 Å². The van der Waals surface area contributed by atoms with Crippen molar-refractivity contribution in [1.29, 1.82) is 0 Å². The minimum atomic E-state index is -1.11. The molecule has 1 fully saturated rings. The van der Waals surface area contributed by atoms with E-state index >= 15 is 0 Å². The minimum Gasteiger partial charge on any atom is -0.492 e. The lowest BCUT2D eigenvalue weighted by Crippen LogP contribution is -2.47. The van der Waals surface area contributed by atoms with Gasteiger partial charge in [0, 0.05) is 32.0 Å². The Balaban J connectivity index is 1.15. The predicted octanol–water partition coefficient (Wildman–Crippen LogP) is 4.21. The third kappa shape index (κ3) is 10.4. The fourth-order valence-electron chi connectivity index (χ4n) is 6.76. The number of ether oxygens (including phenoxy) is 3. The number of alkyl carbamates (subject to hydrolysis) is 1. The molecule has 1 aliphatic heterocycles. The first-order chi connectivity index (χ1) is 24.9. The van der Waals surface area contributed by atoms with Gasteiger partial charge in [-0.3, -0.25) is 9.69 Å². The van der Waals surface area contributed by atoms with Crippen molar-refractivity contribution in [2.24, 2.45) is 5.92 Å². The van der Waals surface area contributed by atoms with Gasteiger partial charge in [-0.2, -0.15) is 0 Å². The summed E-state index contributed by atoms with van der Waals surface area (Å²) in [6.07, 6.45) is 0.0551. The topological polar surface area (TPSA) is 143 Å². The molecule has 1 aromatic heterocycles. The van der Waals surface area contributed by atoms with Crippen molar-refractivity contribution in [2.45, 2.75) is 56.6 Å². The van der Waals surface area contributed by atoms with Crippen LogP contribution in [0.3, 0.4) is 0 Å². The lowest BCUT2D eigenvalue weighted by molar-refractivity contribution is -0.127. The first-order valence-electron chi connectivity index (χ1n) is 17.7. The normalized spacial score (nSPS) is 19.0. The van der Waals surface area contributed by atoms with Gasteiger partial charge >= 0.3 is 6.09 Å². The Morgan fingerprint density at radius 1 is 0.902 bits per heavy atom. The summed E-state index contributed by atoms with van der Waals surface area (Å²) in [6.45, 7) is 4.59. The number of morpholine rings is 1. The highest BCUT2D eigenvalue weighted by atomic mass is 16.6. The molecule has 1 saturated heterocycles. The summed E-state index contributed by atoms with van der Waals surface area (Å²) >= 11 is 0. The van der Waals surface area contributed by atoms with Crippen LogP contribution in [0.25, 0.3) is 0 Å². The van der Waals surface area contributed by atoms with E-state index in [1.165, 1.54) is 6.26 Å². The molecule has 6 rings (SSSR count). The minimum absolute atomic E-state index is 0.0457. The summed E-state index contributed by atoms with van der Waals surface area (Å²) in [6, 6.07) is 27.0. The summed E-state index contributed by atoms with van der Waals surface area (Å²) in [7, 11) is 0. The van der Waals surface area contributed by atoms with Crippen molar-refractivity contribution in [1.82, 2.24) is 15.5 Å². The molecule has 4 N–H and O–H groups in total. The van der Waals surface area contributed by atoms with Crippen molar-refractivity contribution in [3.05, 3.63) is 125 Å². The van der Waals surface area contributed by atoms with Crippen molar-refractivity contribution in [2.75, 3.05) is 39.5 Å². The van der Waals surface area contributed by atoms with E-state index in [0.717, 1.165) is 60.9 Å². The maximum absolute atomic E-state index is 14.1. The maximum Gasteiger partial charge on any atom is 0.407 e. The van der Waals surface area contributed by atoms with Gasteiger partial charge in [0.2, 0.25) is 5.91 Å². The SMILES string of the molecule is O=C(N[C@@H](Cc1ccccc1)[C@@H](O)C[C@@H](Cc1ccc(OCCN2CCOCC2)cc1)C(=O)N[C@H]1c2ccccc2C[C@H]1O)OCc1ccco1. The van der Waals surface area contributed by atoms with Crippen LogP contribution in [0.1, 0.15) is 40.5 Å². The van der Waals surface area contributed by atoms with Gasteiger partial charge in [-0.1, -0.05) is 66.7 Å². The summed E-state index contributed by atoms with van der Waals surface area (Å²) in [4.78, 5) is 29.3. The smallest absolute Gasteiger partial charge is 0.407 e. The number of furan rings is 1. The molecule has 2 aliphatic rings. The molecular formula is C40H47N3O8. The number of rotatable bonds is 16. The van der Waals surface area contributed by atoms with Gasteiger partial charge in [-0.25, -0.2) is 4.79 Å². The second-order valence-corrected chi connectivity index (χ2v) is 13.2. The van der Waals surface area contributed by atoms with Crippen molar-refractivity contribution in [3.63, 3.8) is 0 Å². The highest BCUT2D eigenvalue weighted by molar-refractivity contribution is 5.80. The molecule has 3 aromatic carbocycles. The number of fused-ring (bicyclic) bond motifs is 1. The van der Waals surface area contributed by atoms with Gasteiger partial charge in [0.15, 0.2) is 6.61 Å². The number of aliphatic hydroxyl groups is 2. The van der Waals surface area contributed by atoms with E-state index in [-0.39, 0.29) is 18.9 Å². The zero-order valence-electron chi connectivity index (χ0n) is 28.7. The van der Waals surface area contributed by atoms with E-state index < -0.39 is 36.3 Å². The van der Waals surface area contributed by atoms with Crippen LogP contribution in [-0.4, -0.2) is 84.8 Å². The number of nitrogens with one attached hydrogen (secondary N) is 2. The fraction of sp³-hybridized carbons (Fsp3) is 0.400. The molecule has 0 unspecified atom stereocenters. The summed E-state index contributed by atoms with van der Waals surface area (Å²) in [5, 5.41) is 28.6. The molecule has 5 atom stereocenters. The Bertz CT molecular complexity index is 1660. The molecular weight excluding hydrogens is 650 g/mol. The third-order valence-electron chi connectivity index (χ3n) is 9.58. The van der Waals surface area contributed by atoms with Gasteiger partial charge in [-0.15, -0.1) is 0 Å². The molecule has 0 radical (unpaired) electrons. The van der Waals surface area contributed by atoms with E-state index in [9.17, 15) is 19.8 Å². The van der Waals surface area contributed by atoms with Crippen molar-refractivity contribution >= 4 is 12.0 Å². The third-order valence-corrected chi connectivity index (χ3v) is 9.58. The predicted molar refractivity (Wildman–Crippen MR) is 190 cm³/mol. The molecule has 11 nitrogen and oxygen atoms in total. The Hall–Kier alpha value is -4.68. The monoisotopic (exact) mass is 697 g/mol. The average molecular weight is 698 g/mol. The van der Waals surface area contributed by atoms with Crippen LogP contribution in [0.4, 0.5) is 4.79 Å². The standard InChI is InChI=1S/C40H47N3O8/c44-36(35(24-28-7-2-1-3-8-28)41-40(47)51-27-33-10-6-19-49-33)26-31(39(46)42-38-34-11-5-4-9-30(34)25-37(38)45)23-29-12-14-32(15-13-29)50-22-18-43-16-20-48-21-17-43/h1-15,19,31,35-38,44-45H,16-18,20-27H2,(H,41,47)(H,42,46)/t31-,35+,36+,37-,38+/m1/s1. The number of hydrogen-bond donors (Lipinski definition) is 4. The number of aliphatic hydroxyl groups excluding tert-OH is 2. The van der Waals surface area contributed by atoms with Crippen LogP contribution in [0.5, 0.6) is 5.75 Å². The highest BCUT2D eigenvalue weighted by Crippen LogP contribution is 2.32. The second kappa shape index (κ2) is 18.0. The van der Waals surface area contributed by atoms with Gasteiger partial charge in [0.05, 0.1) is 43.8 Å². The number of nitrogens with zero attached hydrogens (tertiary/aromatic N) is 1. The van der Waals surface area contributed by atoms with E-state index in [2.05, 4.69) is 15.5 Å². The molecule has 1 aliphatic carbocycles. The zero-order valence-corrected chi connectivity index (χ0v) is 28.7. The largest absolute Gasteiger partial charge is 0.492 e. The van der Waals surface area contributed by atoms with Crippen molar-refractivity contribution in [3.8, 4) is 5.75 Å². The molecule has 51 heavy (non-hydrogen) atoms. The van der Waals surface area contributed by atoms with Crippen LogP contribution in [-0.2, 0) is 40.1 Å². The second-order valence-electron chi connectivity index (χ2n) is 13.2. The van der Waals surface area contributed by atoms with E-state index in [0.29, 0.717) is 31.6 Å². The van der Waals surface area contributed by atoms with Gasteiger partial charge < -0.3 is 39.5 Å². The lowest BCUT2D eigenvalue weighted by atomic mass is 9.88. The molecule has 11 heteroatoms. The van der Waals surface area contributed by atoms with Crippen LogP contribution in [0, 0.1) is 5.92 Å². The molecule has 4 aromatic rings. The maximum atomic E-state index is 14.1. The van der Waals surface area contributed by atoms with Crippen LogP contribution in [0.15, 0.2) is 102 Å². The summed E-state index contributed by atoms with van der Waals surface area (Å²) in [5.74, 6) is 0.247. The molecule has 0 bridgehead atoms. The van der Waals surface area contributed by atoms with Gasteiger partial charge in [0.1, 0.15) is 18.1 Å². The molecule has 0 saturated carbocycles. The van der Waals surface area contributed by atoms with E-state index in [4.69, 9.17) is 18.6 Å². The van der Waals surface area contributed by atoms with Crippen LogP contribution >= 0.6 is 0 Å². The Labute approximate surface area is 298 Å². The fourth-order valence-corrected chi connectivity index (χ4v) is 6.76. The van der Waals surface area contributed by atoms with E-state index in [1.54, 1.807) is 12.1 Å². The van der Waals surface area contributed by atoms with Gasteiger partial charge in [-0.05, 0) is 65.8 Å². The number of hydrogen-bond acceptors (Lipinski definition) is 9. The molecule has 2 amide bonds. The van der Waals surface area contributed by atoms with Crippen molar-refractivity contribution < 1.29 is 38.4 Å². The average Bonchev–Trinajstić information content (AvgIpc) is 3.79. The lowest BCUT2D eigenvalue weighted by Gasteiger charge is -2.28.